The van der Waals surface area contributed by atoms with Crippen molar-refractivity contribution in [3.63, 3.8) is 0 Å². The zero-order valence-corrected chi connectivity index (χ0v) is 19.2. The summed E-state index contributed by atoms with van der Waals surface area (Å²) in [4.78, 5) is 52.9. The highest BCUT2D eigenvalue weighted by Gasteiger charge is 2.34. The summed E-state index contributed by atoms with van der Waals surface area (Å²) < 4.78 is 13.7. The van der Waals surface area contributed by atoms with Crippen LogP contribution in [0.5, 0.6) is 0 Å². The van der Waals surface area contributed by atoms with Crippen LogP contribution in [0.4, 0.5) is 4.39 Å². The molecule has 1 aromatic heterocycles. The number of rotatable bonds is 9. The largest absolute Gasteiger partial charge is 0.368 e. The van der Waals surface area contributed by atoms with E-state index in [2.05, 4.69) is 20.9 Å². The lowest BCUT2D eigenvalue weighted by Gasteiger charge is -2.27. The van der Waals surface area contributed by atoms with Crippen LogP contribution in [0.2, 0.25) is 5.02 Å². The summed E-state index contributed by atoms with van der Waals surface area (Å²) in [5.74, 6) is -2.70. The van der Waals surface area contributed by atoms with Crippen molar-refractivity contribution >= 4 is 46.1 Å². The number of hydrogen-bond acceptors (Lipinski definition) is 4. The van der Waals surface area contributed by atoms with Gasteiger partial charge in [0.2, 0.25) is 17.7 Å². The van der Waals surface area contributed by atoms with Crippen molar-refractivity contribution in [2.45, 2.75) is 50.6 Å². The van der Waals surface area contributed by atoms with Crippen molar-refractivity contribution in [3.8, 4) is 0 Å². The number of aromatic nitrogens is 1. The Morgan fingerprint density at radius 1 is 1.12 bits per heavy atom. The van der Waals surface area contributed by atoms with E-state index in [1.54, 1.807) is 0 Å². The van der Waals surface area contributed by atoms with Gasteiger partial charge in [-0.15, -0.1) is 0 Å². The molecule has 2 heterocycles. The number of benzene rings is 1. The highest BCUT2D eigenvalue weighted by Crippen LogP contribution is 2.33. The molecule has 6 N–H and O–H groups in total. The van der Waals surface area contributed by atoms with Crippen LogP contribution >= 0.6 is 11.6 Å². The molecule has 0 spiro atoms. The summed E-state index contributed by atoms with van der Waals surface area (Å²) >= 11 is 5.81. The summed E-state index contributed by atoms with van der Waals surface area (Å²) in [6, 6.07) is 2.16. The number of hydrogen-bond donors (Lipinski definition) is 5. The Hall–Kier alpha value is -3.14. The Morgan fingerprint density at radius 2 is 1.88 bits per heavy atom. The number of fused-ring (bicyclic) bond motifs is 1. The maximum atomic E-state index is 13.7. The van der Waals surface area contributed by atoms with Crippen molar-refractivity contribution in [2.75, 3.05) is 6.54 Å². The van der Waals surface area contributed by atoms with Crippen LogP contribution < -0.4 is 21.7 Å². The molecular weight excluding hydrogens is 465 g/mol. The number of halogens is 2. The Morgan fingerprint density at radius 3 is 2.56 bits per heavy atom. The number of amides is 4. The van der Waals surface area contributed by atoms with Gasteiger partial charge in [-0.1, -0.05) is 24.4 Å². The molecule has 2 aromatic rings. The van der Waals surface area contributed by atoms with Gasteiger partial charge in [-0.2, -0.15) is 0 Å². The minimum Gasteiger partial charge on any atom is -0.368 e. The number of nitrogens with one attached hydrogen (secondary N) is 4. The first-order valence-corrected chi connectivity index (χ1v) is 11.7. The van der Waals surface area contributed by atoms with E-state index in [1.807, 2.05) is 0 Å². The Labute approximate surface area is 200 Å². The van der Waals surface area contributed by atoms with Crippen LogP contribution in [-0.4, -0.2) is 47.2 Å². The van der Waals surface area contributed by atoms with Crippen molar-refractivity contribution < 1.29 is 23.6 Å². The van der Waals surface area contributed by atoms with Crippen molar-refractivity contribution in [2.24, 2.45) is 17.6 Å². The molecule has 1 aliphatic carbocycles. The van der Waals surface area contributed by atoms with E-state index in [1.165, 1.54) is 18.2 Å². The van der Waals surface area contributed by atoms with Crippen molar-refractivity contribution in [1.29, 1.82) is 0 Å². The number of carbonyl (C=O) groups is 4. The van der Waals surface area contributed by atoms with E-state index in [-0.39, 0.29) is 23.0 Å². The van der Waals surface area contributed by atoms with Gasteiger partial charge in [-0.25, -0.2) is 4.39 Å². The molecule has 11 heteroatoms. The summed E-state index contributed by atoms with van der Waals surface area (Å²) in [5, 5.41) is 8.49. The number of aromatic amines is 1. The van der Waals surface area contributed by atoms with Crippen molar-refractivity contribution in [3.05, 3.63) is 34.7 Å². The zero-order valence-electron chi connectivity index (χ0n) is 18.5. The van der Waals surface area contributed by atoms with Gasteiger partial charge in [0.1, 0.15) is 23.6 Å². The quantitative estimate of drug-likeness (QED) is 0.363. The zero-order chi connectivity index (χ0) is 24.4. The van der Waals surface area contributed by atoms with E-state index in [4.69, 9.17) is 17.3 Å². The predicted molar refractivity (Wildman–Crippen MR) is 123 cm³/mol. The number of carbonyl (C=O) groups excluding carboxylic acids is 4. The lowest BCUT2D eigenvalue weighted by atomic mass is 9.91. The molecule has 2 unspecified atom stereocenters. The summed E-state index contributed by atoms with van der Waals surface area (Å²) in [6.45, 7) is 0.588. The fourth-order valence-electron chi connectivity index (χ4n) is 4.27. The van der Waals surface area contributed by atoms with E-state index in [0.717, 1.165) is 19.3 Å². The molecule has 0 radical (unpaired) electrons. The lowest BCUT2D eigenvalue weighted by Crippen LogP contribution is -2.54. The molecule has 1 aliphatic heterocycles. The molecular formula is C23H27ClFN5O4. The molecule has 1 saturated carbocycles. The van der Waals surface area contributed by atoms with Gasteiger partial charge in [0.05, 0.1) is 5.02 Å². The molecule has 2 fully saturated rings. The van der Waals surface area contributed by atoms with E-state index in [9.17, 15) is 23.6 Å². The van der Waals surface area contributed by atoms with Crippen LogP contribution in [0, 0.1) is 17.7 Å². The SMILES string of the molecule is NC(=O)C(C[C@@H]1CCCNC1=O)NC(=O)C(CC1CC1)NC(=O)c1cc2cc(F)c(Cl)cc2[nH]1. The van der Waals surface area contributed by atoms with Crippen LogP contribution in [0.1, 0.15) is 49.0 Å². The average Bonchev–Trinajstić information content (AvgIpc) is 3.52. The Kier molecular flexibility index (Phi) is 7.06. The summed E-state index contributed by atoms with van der Waals surface area (Å²) in [7, 11) is 0. The van der Waals surface area contributed by atoms with Gasteiger partial charge < -0.3 is 26.7 Å². The smallest absolute Gasteiger partial charge is 0.268 e. The number of H-pyrrole nitrogens is 1. The van der Waals surface area contributed by atoms with E-state index in [0.29, 0.717) is 36.2 Å². The van der Waals surface area contributed by atoms with Gasteiger partial charge in [0.25, 0.3) is 5.91 Å². The highest BCUT2D eigenvalue weighted by molar-refractivity contribution is 6.31. The maximum Gasteiger partial charge on any atom is 0.268 e. The second-order valence-electron chi connectivity index (χ2n) is 9.07. The highest BCUT2D eigenvalue weighted by atomic mass is 35.5. The van der Waals surface area contributed by atoms with E-state index < -0.39 is 41.5 Å². The van der Waals surface area contributed by atoms with Crippen molar-refractivity contribution in [1.82, 2.24) is 20.9 Å². The minimum atomic E-state index is -1.03. The average molecular weight is 492 g/mol. The van der Waals surface area contributed by atoms with Crippen LogP contribution in [0.15, 0.2) is 18.2 Å². The van der Waals surface area contributed by atoms with Gasteiger partial charge >= 0.3 is 0 Å². The van der Waals surface area contributed by atoms with Crippen LogP contribution in [-0.2, 0) is 14.4 Å². The Bertz CT molecular complexity index is 1090. The molecule has 4 rings (SSSR count). The molecule has 0 bridgehead atoms. The van der Waals surface area contributed by atoms with Gasteiger partial charge in [-0.05, 0) is 49.8 Å². The standard InChI is InChI=1S/C23H27ClFN5O4/c24-14-10-16-13(7-15(14)25)9-19(28-16)23(34)30-18(6-11-3-4-11)22(33)29-17(20(26)31)8-12-2-1-5-27-21(12)32/h7,9-12,17-18,28H,1-6,8H2,(H2,26,31)(H,27,32)(H,29,33)(H,30,34)/t12-,17?,18?/m0/s1. The molecule has 4 amide bonds. The lowest BCUT2D eigenvalue weighted by molar-refractivity contribution is -0.131. The first-order chi connectivity index (χ1) is 16.2. The predicted octanol–water partition coefficient (Wildman–Crippen LogP) is 1.75. The maximum absolute atomic E-state index is 13.7. The topological polar surface area (TPSA) is 146 Å². The van der Waals surface area contributed by atoms with Gasteiger partial charge in [-0.3, -0.25) is 19.2 Å². The molecule has 9 nitrogen and oxygen atoms in total. The third-order valence-electron chi connectivity index (χ3n) is 6.37. The summed E-state index contributed by atoms with van der Waals surface area (Å²) in [5.41, 5.74) is 6.14. The third kappa shape index (κ3) is 5.67. The van der Waals surface area contributed by atoms with E-state index >= 15 is 0 Å². The fourth-order valence-corrected chi connectivity index (χ4v) is 4.43. The minimum absolute atomic E-state index is 0.0727. The number of piperidine rings is 1. The monoisotopic (exact) mass is 491 g/mol. The van der Waals surface area contributed by atoms with Gasteiger partial charge in [0, 0.05) is 23.4 Å². The van der Waals surface area contributed by atoms with Gasteiger partial charge in [0.15, 0.2) is 0 Å². The number of nitrogens with two attached hydrogens (primary N) is 1. The second kappa shape index (κ2) is 10.0. The van der Waals surface area contributed by atoms with Crippen LogP contribution in [0.3, 0.4) is 0 Å². The molecule has 182 valence electrons. The first kappa shape index (κ1) is 24.0. The molecule has 34 heavy (non-hydrogen) atoms. The number of primary amides is 1. The first-order valence-electron chi connectivity index (χ1n) is 11.4. The van der Waals surface area contributed by atoms with Crippen LogP contribution in [0.25, 0.3) is 10.9 Å². The second-order valence-corrected chi connectivity index (χ2v) is 9.48. The molecule has 2 aliphatic rings. The molecule has 1 aromatic carbocycles. The normalized spacial score (nSPS) is 19.8. The third-order valence-corrected chi connectivity index (χ3v) is 6.66. The molecule has 3 atom stereocenters. The Balaban J connectivity index is 1.45. The molecule has 1 saturated heterocycles. The fraction of sp³-hybridized carbons (Fsp3) is 0.478. The summed E-state index contributed by atoms with van der Waals surface area (Å²) in [6.07, 6.45) is 3.81.